The van der Waals surface area contributed by atoms with Gasteiger partial charge in [-0.2, -0.15) is 15.4 Å². The molecule has 1 amide bonds. The van der Waals surface area contributed by atoms with E-state index in [-0.39, 0.29) is 24.0 Å². The van der Waals surface area contributed by atoms with Crippen LogP contribution in [0.15, 0.2) is 0 Å². The minimum Gasteiger partial charge on any atom is -0.393 e. The number of nitrogens with one attached hydrogen (secondary N) is 1. The van der Waals surface area contributed by atoms with E-state index < -0.39 is 0 Å². The molecule has 1 saturated carbocycles. The second kappa shape index (κ2) is 5.52. The summed E-state index contributed by atoms with van der Waals surface area (Å²) in [5.74, 6) is 0.180. The third-order valence-corrected chi connectivity index (χ3v) is 4.76. The zero-order chi connectivity index (χ0) is 14.1. The number of amides is 1. The Balaban J connectivity index is 1.78. The summed E-state index contributed by atoms with van der Waals surface area (Å²) in [5, 5.41) is 20.6. The van der Waals surface area contributed by atoms with Crippen LogP contribution in [-0.4, -0.2) is 50.0 Å². The predicted octanol–water partition coefficient (Wildman–Crippen LogP) is 1.27. The number of carbonyl (C=O) groups is 1. The molecule has 1 aliphatic carbocycles. The van der Waals surface area contributed by atoms with E-state index in [1.54, 1.807) is 6.92 Å². The number of rotatable bonds is 2. The molecule has 2 heterocycles. The van der Waals surface area contributed by atoms with E-state index in [0.29, 0.717) is 11.4 Å². The third kappa shape index (κ3) is 2.32. The standard InChI is InChI=1S/C14H22N4O2/c1-9-13(16-17-15-9)14(20)18-8-4-6-11(18)10-5-2-3-7-12(10)19/h10-12,19H,2-8H2,1H3,(H,15,16,17). The molecule has 0 bridgehead atoms. The van der Waals surface area contributed by atoms with E-state index in [4.69, 9.17) is 0 Å². The van der Waals surface area contributed by atoms with Crippen LogP contribution in [0, 0.1) is 12.8 Å². The Hall–Kier alpha value is -1.43. The predicted molar refractivity (Wildman–Crippen MR) is 73.1 cm³/mol. The Labute approximate surface area is 118 Å². The van der Waals surface area contributed by atoms with Crippen molar-refractivity contribution >= 4 is 5.91 Å². The molecule has 2 fully saturated rings. The summed E-state index contributed by atoms with van der Waals surface area (Å²) in [6.45, 7) is 2.55. The zero-order valence-electron chi connectivity index (χ0n) is 11.9. The lowest BCUT2D eigenvalue weighted by molar-refractivity contribution is 0.0209. The first kappa shape index (κ1) is 13.5. The van der Waals surface area contributed by atoms with E-state index in [9.17, 15) is 9.90 Å². The Morgan fingerprint density at radius 3 is 2.75 bits per heavy atom. The molecule has 1 aromatic heterocycles. The average Bonchev–Trinajstić information content (AvgIpc) is 3.07. The molecular formula is C14H22N4O2. The summed E-state index contributed by atoms with van der Waals surface area (Å²) in [5.41, 5.74) is 1.06. The molecule has 20 heavy (non-hydrogen) atoms. The van der Waals surface area contributed by atoms with Crippen molar-refractivity contribution in [2.45, 2.75) is 57.6 Å². The number of likely N-dealkylation sites (tertiary alicyclic amines) is 1. The van der Waals surface area contributed by atoms with Crippen LogP contribution in [0.4, 0.5) is 0 Å². The van der Waals surface area contributed by atoms with Crippen molar-refractivity contribution in [2.75, 3.05) is 6.54 Å². The molecular weight excluding hydrogens is 256 g/mol. The Bertz CT molecular complexity index is 487. The monoisotopic (exact) mass is 278 g/mol. The maximum absolute atomic E-state index is 12.6. The van der Waals surface area contributed by atoms with Gasteiger partial charge in [0.25, 0.3) is 5.91 Å². The lowest BCUT2D eigenvalue weighted by Gasteiger charge is -2.37. The largest absolute Gasteiger partial charge is 0.393 e. The van der Waals surface area contributed by atoms with E-state index in [0.717, 1.165) is 45.1 Å². The molecule has 2 aliphatic rings. The fourth-order valence-electron chi connectivity index (χ4n) is 3.70. The summed E-state index contributed by atoms with van der Waals surface area (Å²) >= 11 is 0. The average molecular weight is 278 g/mol. The van der Waals surface area contributed by atoms with Crippen LogP contribution >= 0.6 is 0 Å². The molecule has 1 saturated heterocycles. The van der Waals surface area contributed by atoms with Crippen LogP contribution < -0.4 is 0 Å². The van der Waals surface area contributed by atoms with Gasteiger partial charge in [-0.05, 0) is 32.6 Å². The van der Waals surface area contributed by atoms with Crippen molar-refractivity contribution in [3.63, 3.8) is 0 Å². The first-order valence-electron chi connectivity index (χ1n) is 7.55. The molecule has 1 aliphatic heterocycles. The molecule has 3 atom stereocenters. The first-order chi connectivity index (χ1) is 9.68. The number of hydrogen-bond donors (Lipinski definition) is 2. The Kier molecular flexibility index (Phi) is 3.74. The molecule has 3 rings (SSSR count). The van der Waals surface area contributed by atoms with Gasteiger partial charge in [0.15, 0.2) is 5.69 Å². The zero-order valence-corrected chi connectivity index (χ0v) is 11.9. The number of aromatic amines is 1. The van der Waals surface area contributed by atoms with Gasteiger partial charge in [-0.1, -0.05) is 12.8 Å². The molecule has 2 N–H and O–H groups in total. The van der Waals surface area contributed by atoms with Gasteiger partial charge in [0.05, 0.1) is 11.8 Å². The molecule has 6 heteroatoms. The van der Waals surface area contributed by atoms with Gasteiger partial charge >= 0.3 is 0 Å². The SMILES string of the molecule is Cc1n[nH]nc1C(=O)N1CCCC1C1CCCCC1O. The van der Waals surface area contributed by atoms with Gasteiger partial charge in [-0.25, -0.2) is 0 Å². The molecule has 0 radical (unpaired) electrons. The van der Waals surface area contributed by atoms with Crippen molar-refractivity contribution in [3.8, 4) is 0 Å². The third-order valence-electron chi connectivity index (χ3n) is 4.76. The van der Waals surface area contributed by atoms with Gasteiger partial charge < -0.3 is 10.0 Å². The number of nitrogens with zero attached hydrogens (tertiary/aromatic N) is 3. The quantitative estimate of drug-likeness (QED) is 0.853. The van der Waals surface area contributed by atoms with Crippen LogP contribution in [0.1, 0.15) is 54.7 Å². The summed E-state index contributed by atoms with van der Waals surface area (Å²) in [7, 11) is 0. The Morgan fingerprint density at radius 2 is 2.05 bits per heavy atom. The Morgan fingerprint density at radius 1 is 1.25 bits per heavy atom. The van der Waals surface area contributed by atoms with Gasteiger partial charge in [-0.15, -0.1) is 0 Å². The van der Waals surface area contributed by atoms with Gasteiger partial charge in [0.2, 0.25) is 0 Å². The molecule has 110 valence electrons. The van der Waals surface area contributed by atoms with Crippen molar-refractivity contribution in [1.29, 1.82) is 0 Å². The van der Waals surface area contributed by atoms with Gasteiger partial charge in [-0.3, -0.25) is 4.79 Å². The lowest BCUT2D eigenvalue weighted by Crippen LogP contribution is -2.45. The van der Waals surface area contributed by atoms with Crippen molar-refractivity contribution < 1.29 is 9.90 Å². The number of aliphatic hydroxyl groups is 1. The van der Waals surface area contributed by atoms with Crippen molar-refractivity contribution in [3.05, 3.63) is 11.4 Å². The highest BCUT2D eigenvalue weighted by molar-refractivity contribution is 5.93. The topological polar surface area (TPSA) is 82.1 Å². The molecule has 1 aromatic rings. The number of aromatic nitrogens is 3. The molecule has 6 nitrogen and oxygen atoms in total. The first-order valence-corrected chi connectivity index (χ1v) is 7.55. The minimum atomic E-state index is -0.263. The summed E-state index contributed by atoms with van der Waals surface area (Å²) in [6, 6.07) is 0.161. The van der Waals surface area contributed by atoms with Crippen LogP contribution in [0.2, 0.25) is 0 Å². The minimum absolute atomic E-state index is 0.0449. The number of H-pyrrole nitrogens is 1. The summed E-state index contributed by atoms with van der Waals surface area (Å²) in [4.78, 5) is 14.5. The highest BCUT2D eigenvalue weighted by atomic mass is 16.3. The molecule has 0 aromatic carbocycles. The number of aliphatic hydroxyl groups excluding tert-OH is 1. The van der Waals surface area contributed by atoms with Crippen molar-refractivity contribution in [1.82, 2.24) is 20.3 Å². The van der Waals surface area contributed by atoms with Crippen LogP contribution in [0.3, 0.4) is 0 Å². The molecule has 0 spiro atoms. The van der Waals surface area contributed by atoms with Gasteiger partial charge in [0.1, 0.15) is 0 Å². The fraction of sp³-hybridized carbons (Fsp3) is 0.786. The number of hydrogen-bond acceptors (Lipinski definition) is 4. The molecule has 3 unspecified atom stereocenters. The maximum atomic E-state index is 12.6. The smallest absolute Gasteiger partial charge is 0.276 e. The van der Waals surface area contributed by atoms with Crippen LogP contribution in [0.5, 0.6) is 0 Å². The van der Waals surface area contributed by atoms with E-state index in [2.05, 4.69) is 15.4 Å². The normalized spacial score (nSPS) is 30.7. The van der Waals surface area contributed by atoms with E-state index in [1.807, 2.05) is 4.90 Å². The van der Waals surface area contributed by atoms with E-state index >= 15 is 0 Å². The summed E-state index contributed by atoms with van der Waals surface area (Å²) in [6.07, 6.45) is 5.88. The maximum Gasteiger partial charge on any atom is 0.276 e. The highest BCUT2D eigenvalue weighted by Gasteiger charge is 2.40. The lowest BCUT2D eigenvalue weighted by atomic mass is 9.80. The second-order valence-corrected chi connectivity index (χ2v) is 5.98. The number of aryl methyl sites for hydroxylation is 1. The number of carbonyl (C=O) groups excluding carboxylic acids is 1. The van der Waals surface area contributed by atoms with E-state index in [1.165, 1.54) is 0 Å². The second-order valence-electron chi connectivity index (χ2n) is 5.98. The van der Waals surface area contributed by atoms with Crippen LogP contribution in [0.25, 0.3) is 0 Å². The highest BCUT2D eigenvalue weighted by Crippen LogP contribution is 2.35. The summed E-state index contributed by atoms with van der Waals surface area (Å²) < 4.78 is 0. The van der Waals surface area contributed by atoms with Crippen molar-refractivity contribution in [2.24, 2.45) is 5.92 Å². The van der Waals surface area contributed by atoms with Gasteiger partial charge in [0, 0.05) is 18.5 Å². The fourth-order valence-corrected chi connectivity index (χ4v) is 3.70. The van der Waals surface area contributed by atoms with Crippen LogP contribution in [-0.2, 0) is 0 Å².